The molecule has 1 aliphatic rings. The summed E-state index contributed by atoms with van der Waals surface area (Å²) >= 11 is 0. The highest BCUT2D eigenvalue weighted by atomic mass is 19.4. The molecule has 1 fully saturated rings. The molecule has 0 radical (unpaired) electrons. The van der Waals surface area contributed by atoms with E-state index in [9.17, 15) is 12.9 Å². The summed E-state index contributed by atoms with van der Waals surface area (Å²) in [6.07, 6.45) is 0.896. The number of nitrogens with zero attached hydrogens (tertiary/aromatic N) is 1. The summed E-state index contributed by atoms with van der Waals surface area (Å²) in [7, 11) is 3.83. The van der Waals surface area contributed by atoms with Gasteiger partial charge >= 0.3 is 6.98 Å². The van der Waals surface area contributed by atoms with Crippen LogP contribution in [0.15, 0.2) is 0 Å². The Bertz CT molecular complexity index is 151. The first-order valence-corrected chi connectivity index (χ1v) is 4.26. The third-order valence-electron chi connectivity index (χ3n) is 2.54. The van der Waals surface area contributed by atoms with Crippen molar-refractivity contribution in [1.82, 2.24) is 4.90 Å². The van der Waals surface area contributed by atoms with Gasteiger partial charge in [-0.3, -0.25) is 0 Å². The van der Waals surface area contributed by atoms with Gasteiger partial charge in [0.2, 0.25) is 0 Å². The first kappa shape index (κ1) is 9.90. The minimum absolute atomic E-state index is 0.0996. The largest absolute Gasteiger partial charge is 0.478 e. The lowest BCUT2D eigenvalue weighted by Crippen LogP contribution is -2.42. The first-order chi connectivity index (χ1) is 5.38. The monoisotopic (exact) mass is 180 g/mol. The molecule has 72 valence electrons. The van der Waals surface area contributed by atoms with Crippen LogP contribution in [0.1, 0.15) is 12.8 Å². The van der Waals surface area contributed by atoms with Gasteiger partial charge in [-0.05, 0) is 26.9 Å². The van der Waals surface area contributed by atoms with Crippen LogP contribution in [0, 0.1) is 5.92 Å². The van der Waals surface area contributed by atoms with Crippen molar-refractivity contribution in [1.29, 1.82) is 0 Å². The smallest absolute Gasteiger partial charge is 0.449 e. The second-order valence-corrected chi connectivity index (χ2v) is 3.90. The minimum Gasteiger partial charge on any atom is -0.449 e. The summed E-state index contributed by atoms with van der Waals surface area (Å²) in [5, 5.41) is 0. The lowest BCUT2D eigenvalue weighted by atomic mass is 9.67. The van der Waals surface area contributed by atoms with E-state index in [0.717, 1.165) is 0 Å². The number of rotatable bonds is 3. The predicted octanol–water partition coefficient (Wildman–Crippen LogP) is 2.17. The molecule has 12 heavy (non-hydrogen) atoms. The molecule has 5 heteroatoms. The van der Waals surface area contributed by atoms with E-state index in [1.807, 2.05) is 19.0 Å². The van der Waals surface area contributed by atoms with E-state index in [0.29, 0.717) is 18.9 Å². The summed E-state index contributed by atoms with van der Waals surface area (Å²) in [5.74, 6) is -0.0996. The molecule has 0 saturated heterocycles. The number of hydrogen-bond acceptors (Lipinski definition) is 1. The fourth-order valence-electron chi connectivity index (χ4n) is 1.69. The van der Waals surface area contributed by atoms with Gasteiger partial charge in [-0.25, -0.2) is 0 Å². The molecule has 0 aromatic heterocycles. The molecule has 1 rings (SSSR count). The molecule has 0 spiro atoms. The van der Waals surface area contributed by atoms with Gasteiger partial charge in [0.25, 0.3) is 0 Å². The summed E-state index contributed by atoms with van der Waals surface area (Å²) in [6.45, 7) is -4.56. The van der Waals surface area contributed by atoms with Gasteiger partial charge in [0.15, 0.2) is 0 Å². The molecule has 0 bridgehead atoms. The zero-order chi connectivity index (χ0) is 9.35. The molecular formula is C7H14BF3N-. The van der Waals surface area contributed by atoms with E-state index >= 15 is 0 Å². The van der Waals surface area contributed by atoms with Crippen molar-refractivity contribution in [3.05, 3.63) is 0 Å². The van der Waals surface area contributed by atoms with E-state index in [1.165, 1.54) is 0 Å². The van der Waals surface area contributed by atoms with Crippen LogP contribution in [0.25, 0.3) is 0 Å². The standard InChI is InChI=1S/C7H14BF3N/c1-12(2)7-3-6(4-7)5-8(9,10)11/h6-7H,3-5H2,1-2H3/q-1. The van der Waals surface area contributed by atoms with Crippen LogP contribution in [0.4, 0.5) is 12.9 Å². The predicted molar refractivity (Wildman–Crippen MR) is 44.1 cm³/mol. The summed E-state index contributed by atoms with van der Waals surface area (Å²) in [6, 6.07) is 0.383. The zero-order valence-corrected chi connectivity index (χ0v) is 7.43. The maximum atomic E-state index is 11.9. The number of halogens is 3. The Hall–Kier alpha value is -0.185. The molecule has 0 aromatic carbocycles. The van der Waals surface area contributed by atoms with Crippen molar-refractivity contribution in [2.45, 2.75) is 25.2 Å². The summed E-state index contributed by atoms with van der Waals surface area (Å²) < 4.78 is 35.7. The zero-order valence-electron chi connectivity index (χ0n) is 7.43. The molecule has 0 aromatic rings. The van der Waals surface area contributed by atoms with Crippen molar-refractivity contribution in [3.8, 4) is 0 Å². The van der Waals surface area contributed by atoms with Crippen molar-refractivity contribution >= 4 is 6.98 Å². The van der Waals surface area contributed by atoms with Crippen LogP contribution in [0.2, 0.25) is 6.32 Å². The maximum absolute atomic E-state index is 11.9. The molecule has 1 nitrogen and oxygen atoms in total. The minimum atomic E-state index is -4.56. The highest BCUT2D eigenvalue weighted by Gasteiger charge is 2.36. The van der Waals surface area contributed by atoms with Gasteiger partial charge in [-0.15, -0.1) is 0 Å². The van der Waals surface area contributed by atoms with Crippen LogP contribution in [0.3, 0.4) is 0 Å². The molecule has 1 saturated carbocycles. The SMILES string of the molecule is CN(C)C1CC(C[B-](F)(F)F)C1. The van der Waals surface area contributed by atoms with Gasteiger partial charge in [0, 0.05) is 6.04 Å². The van der Waals surface area contributed by atoms with E-state index in [4.69, 9.17) is 0 Å². The fraction of sp³-hybridized carbons (Fsp3) is 1.00. The lowest BCUT2D eigenvalue weighted by Gasteiger charge is -2.41. The third kappa shape index (κ3) is 2.70. The maximum Gasteiger partial charge on any atom is 0.478 e. The molecule has 0 amide bonds. The Morgan fingerprint density at radius 1 is 1.25 bits per heavy atom. The molecular weight excluding hydrogens is 166 g/mol. The third-order valence-corrected chi connectivity index (χ3v) is 2.54. The lowest BCUT2D eigenvalue weighted by molar-refractivity contribution is 0.129. The van der Waals surface area contributed by atoms with Crippen LogP contribution >= 0.6 is 0 Å². The van der Waals surface area contributed by atoms with E-state index in [1.54, 1.807) is 0 Å². The summed E-state index contributed by atoms with van der Waals surface area (Å²) in [4.78, 5) is 2.00. The average molecular weight is 180 g/mol. The Labute approximate surface area is 71.0 Å². The van der Waals surface area contributed by atoms with E-state index in [-0.39, 0.29) is 5.92 Å². The average Bonchev–Trinajstić information content (AvgIpc) is 1.74. The molecule has 0 atom stereocenters. The van der Waals surface area contributed by atoms with Crippen molar-refractivity contribution < 1.29 is 12.9 Å². The van der Waals surface area contributed by atoms with Gasteiger partial charge in [-0.2, -0.15) is 0 Å². The van der Waals surface area contributed by atoms with Gasteiger partial charge in [0.1, 0.15) is 0 Å². The van der Waals surface area contributed by atoms with Crippen molar-refractivity contribution in [2.75, 3.05) is 14.1 Å². The number of hydrogen-bond donors (Lipinski definition) is 0. The fourth-order valence-corrected chi connectivity index (χ4v) is 1.69. The first-order valence-electron chi connectivity index (χ1n) is 4.26. The van der Waals surface area contributed by atoms with Crippen LogP contribution in [-0.4, -0.2) is 32.0 Å². The second kappa shape index (κ2) is 3.28. The van der Waals surface area contributed by atoms with E-state index in [2.05, 4.69) is 0 Å². The van der Waals surface area contributed by atoms with Gasteiger partial charge < -0.3 is 17.8 Å². The topological polar surface area (TPSA) is 3.24 Å². The van der Waals surface area contributed by atoms with Gasteiger partial charge in [0.05, 0.1) is 0 Å². The quantitative estimate of drug-likeness (QED) is 0.601. The van der Waals surface area contributed by atoms with Crippen molar-refractivity contribution in [3.63, 3.8) is 0 Å². The Balaban J connectivity index is 2.18. The molecule has 1 aliphatic carbocycles. The Kier molecular flexibility index (Phi) is 2.71. The van der Waals surface area contributed by atoms with Crippen LogP contribution < -0.4 is 0 Å². The van der Waals surface area contributed by atoms with Crippen LogP contribution in [0.5, 0.6) is 0 Å². The Morgan fingerprint density at radius 3 is 2.08 bits per heavy atom. The highest BCUT2D eigenvalue weighted by Crippen LogP contribution is 2.37. The van der Waals surface area contributed by atoms with Crippen molar-refractivity contribution in [2.24, 2.45) is 5.92 Å². The molecule has 0 heterocycles. The highest BCUT2D eigenvalue weighted by molar-refractivity contribution is 6.58. The Morgan fingerprint density at radius 2 is 1.75 bits per heavy atom. The second-order valence-electron chi connectivity index (χ2n) is 3.90. The normalized spacial score (nSPS) is 30.5. The summed E-state index contributed by atoms with van der Waals surface area (Å²) in [5.41, 5.74) is 0. The van der Waals surface area contributed by atoms with E-state index < -0.39 is 13.3 Å². The molecule has 0 aliphatic heterocycles. The van der Waals surface area contributed by atoms with Crippen LogP contribution in [-0.2, 0) is 0 Å². The molecule has 0 unspecified atom stereocenters. The molecule has 0 N–H and O–H groups in total. The van der Waals surface area contributed by atoms with Gasteiger partial charge in [-0.1, -0.05) is 12.2 Å².